The highest BCUT2D eigenvalue weighted by Gasteiger charge is 2.19. The molecule has 6 nitrogen and oxygen atoms in total. The van der Waals surface area contributed by atoms with Crippen LogP contribution in [0.15, 0.2) is 54.9 Å². The molecule has 4 rings (SSSR count). The van der Waals surface area contributed by atoms with Crippen LogP contribution in [0.2, 0.25) is 0 Å². The van der Waals surface area contributed by atoms with Crippen LogP contribution >= 0.6 is 0 Å². The lowest BCUT2D eigenvalue weighted by molar-refractivity contribution is 0.0952. The largest absolute Gasteiger partial charge is 0.346 e. The minimum Gasteiger partial charge on any atom is -0.346 e. The van der Waals surface area contributed by atoms with Gasteiger partial charge < -0.3 is 5.32 Å². The van der Waals surface area contributed by atoms with Crippen molar-refractivity contribution in [3.63, 3.8) is 0 Å². The van der Waals surface area contributed by atoms with Crippen molar-refractivity contribution in [3.05, 3.63) is 94.4 Å². The van der Waals surface area contributed by atoms with Crippen molar-refractivity contribution in [2.75, 3.05) is 0 Å². The number of hydrogen-bond donors (Lipinski definition) is 1. The van der Waals surface area contributed by atoms with Crippen LogP contribution in [-0.4, -0.2) is 25.5 Å². The van der Waals surface area contributed by atoms with Gasteiger partial charge in [-0.15, -0.1) is 0 Å². The van der Waals surface area contributed by atoms with E-state index in [1.807, 2.05) is 38.1 Å². The third-order valence-electron chi connectivity index (χ3n) is 4.93. The lowest BCUT2D eigenvalue weighted by Crippen LogP contribution is -2.23. The van der Waals surface area contributed by atoms with Crippen molar-refractivity contribution in [2.24, 2.45) is 0 Å². The molecule has 29 heavy (non-hydrogen) atoms. The predicted octanol–water partition coefficient (Wildman–Crippen LogP) is 3.40. The first-order valence-corrected chi connectivity index (χ1v) is 9.30. The molecule has 0 bridgehead atoms. The average molecular weight is 389 g/mol. The molecular weight excluding hydrogens is 369 g/mol. The Morgan fingerprint density at radius 3 is 2.69 bits per heavy atom. The summed E-state index contributed by atoms with van der Waals surface area (Å²) in [4.78, 5) is 21.5. The Kier molecular flexibility index (Phi) is 5.03. The number of hydrogen-bond acceptors (Lipinski definition) is 4. The first kappa shape index (κ1) is 18.7. The first-order valence-electron chi connectivity index (χ1n) is 9.30. The molecule has 0 unspecified atom stereocenters. The molecule has 1 N–H and O–H groups in total. The Morgan fingerprint density at radius 2 is 1.93 bits per heavy atom. The Balaban J connectivity index is 1.63. The first-order chi connectivity index (χ1) is 14.0. The van der Waals surface area contributed by atoms with E-state index in [9.17, 15) is 9.18 Å². The van der Waals surface area contributed by atoms with Crippen molar-refractivity contribution in [1.82, 2.24) is 24.9 Å². The van der Waals surface area contributed by atoms with E-state index >= 15 is 0 Å². The summed E-state index contributed by atoms with van der Waals surface area (Å²) in [5.74, 6) is -0.514. The van der Waals surface area contributed by atoms with Crippen molar-refractivity contribution in [1.29, 1.82) is 0 Å². The van der Waals surface area contributed by atoms with Crippen LogP contribution in [0.3, 0.4) is 0 Å². The topological polar surface area (TPSA) is 72.2 Å². The second kappa shape index (κ2) is 7.79. The van der Waals surface area contributed by atoms with Gasteiger partial charge in [-0.25, -0.2) is 13.9 Å². The summed E-state index contributed by atoms with van der Waals surface area (Å²) >= 11 is 0. The average Bonchev–Trinajstić information content (AvgIpc) is 3.15. The van der Waals surface area contributed by atoms with Gasteiger partial charge in [0.15, 0.2) is 5.65 Å². The molecular formula is C22H20FN5O. The number of carbonyl (C=O) groups excluding carboxylic acids is 1. The summed E-state index contributed by atoms with van der Waals surface area (Å²) in [6.07, 6.45) is 3.60. The number of fused-ring (bicyclic) bond motifs is 1. The molecule has 0 saturated heterocycles. The van der Waals surface area contributed by atoms with Crippen LogP contribution in [0.5, 0.6) is 0 Å². The van der Waals surface area contributed by atoms with E-state index in [2.05, 4.69) is 20.4 Å². The van der Waals surface area contributed by atoms with Crippen LogP contribution in [-0.2, 0) is 13.0 Å². The van der Waals surface area contributed by atoms with E-state index in [0.29, 0.717) is 29.7 Å². The van der Waals surface area contributed by atoms with Gasteiger partial charge in [0.05, 0.1) is 18.4 Å². The van der Waals surface area contributed by atoms with Gasteiger partial charge in [0, 0.05) is 24.0 Å². The molecule has 0 aliphatic heterocycles. The van der Waals surface area contributed by atoms with Crippen molar-refractivity contribution in [2.45, 2.75) is 26.8 Å². The minimum atomic E-state index is -0.265. The number of nitrogens with zero attached hydrogens (tertiary/aromatic N) is 4. The highest BCUT2D eigenvalue weighted by molar-refractivity contribution is 5.99. The Bertz CT molecular complexity index is 1190. The van der Waals surface area contributed by atoms with E-state index in [-0.39, 0.29) is 11.7 Å². The lowest BCUT2D eigenvalue weighted by Gasteiger charge is -2.12. The fraction of sp³-hybridized carbons (Fsp3) is 0.182. The summed E-state index contributed by atoms with van der Waals surface area (Å²) in [7, 11) is 0. The monoisotopic (exact) mass is 389 g/mol. The summed E-state index contributed by atoms with van der Waals surface area (Å²) in [5.41, 5.74) is 4.72. The Hall–Kier alpha value is -3.61. The van der Waals surface area contributed by atoms with Gasteiger partial charge >= 0.3 is 0 Å². The molecule has 7 heteroatoms. The molecule has 0 fully saturated rings. The molecule has 4 aromatic rings. The molecule has 0 radical (unpaired) electrons. The molecule has 0 atom stereocenters. The van der Waals surface area contributed by atoms with Gasteiger partial charge in [0.1, 0.15) is 11.4 Å². The third kappa shape index (κ3) is 3.71. The second-order valence-electron chi connectivity index (χ2n) is 6.83. The maximum absolute atomic E-state index is 14.1. The zero-order chi connectivity index (χ0) is 20.4. The Morgan fingerprint density at radius 1 is 1.14 bits per heavy atom. The zero-order valence-corrected chi connectivity index (χ0v) is 16.2. The number of rotatable bonds is 5. The minimum absolute atomic E-state index is 0.249. The summed E-state index contributed by atoms with van der Waals surface area (Å²) in [5, 5.41) is 7.19. The standard InChI is InChI=1S/C22H20FN5O/c1-14-18(11-16-7-3-4-9-20(16)23)15(2)28-21(27-14)19(13-26-28)22(29)25-12-17-8-5-6-10-24-17/h3-10,13H,11-12H2,1-2H3,(H,25,29). The van der Waals surface area contributed by atoms with Crippen molar-refractivity contribution < 1.29 is 9.18 Å². The highest BCUT2D eigenvalue weighted by Crippen LogP contribution is 2.21. The summed E-state index contributed by atoms with van der Waals surface area (Å²) in [6.45, 7) is 4.09. The number of pyridine rings is 1. The highest BCUT2D eigenvalue weighted by atomic mass is 19.1. The maximum atomic E-state index is 14.1. The summed E-state index contributed by atoms with van der Waals surface area (Å²) < 4.78 is 15.7. The summed E-state index contributed by atoms with van der Waals surface area (Å²) in [6, 6.07) is 12.2. The van der Waals surface area contributed by atoms with Gasteiger partial charge in [-0.3, -0.25) is 9.78 Å². The smallest absolute Gasteiger partial charge is 0.257 e. The van der Waals surface area contributed by atoms with Gasteiger partial charge in [-0.2, -0.15) is 5.10 Å². The van der Waals surface area contributed by atoms with Gasteiger partial charge in [-0.05, 0) is 43.2 Å². The third-order valence-corrected chi connectivity index (χ3v) is 4.93. The second-order valence-corrected chi connectivity index (χ2v) is 6.83. The van der Waals surface area contributed by atoms with Crippen LogP contribution in [0.1, 0.15) is 38.6 Å². The number of amides is 1. The molecule has 146 valence electrons. The quantitative estimate of drug-likeness (QED) is 0.568. The molecule has 3 heterocycles. The van der Waals surface area contributed by atoms with Crippen LogP contribution in [0, 0.1) is 19.7 Å². The molecule has 3 aromatic heterocycles. The number of halogens is 1. The van der Waals surface area contributed by atoms with Gasteiger partial charge in [0.2, 0.25) is 0 Å². The molecule has 0 spiro atoms. The Labute approximate surface area is 167 Å². The van der Waals surface area contributed by atoms with Gasteiger partial charge in [0.25, 0.3) is 5.91 Å². The van der Waals surface area contributed by atoms with E-state index < -0.39 is 0 Å². The molecule has 0 saturated carbocycles. The van der Waals surface area contributed by atoms with Crippen LogP contribution < -0.4 is 5.32 Å². The SMILES string of the molecule is Cc1nc2c(C(=O)NCc3ccccn3)cnn2c(C)c1Cc1ccccc1F. The van der Waals surface area contributed by atoms with E-state index in [1.165, 1.54) is 12.3 Å². The normalized spacial score (nSPS) is 11.0. The van der Waals surface area contributed by atoms with Crippen molar-refractivity contribution >= 4 is 11.6 Å². The van der Waals surface area contributed by atoms with Gasteiger partial charge in [-0.1, -0.05) is 24.3 Å². The fourth-order valence-electron chi connectivity index (χ4n) is 3.33. The maximum Gasteiger partial charge on any atom is 0.257 e. The number of aryl methyl sites for hydroxylation is 2. The van der Waals surface area contributed by atoms with E-state index in [0.717, 1.165) is 22.6 Å². The number of carbonyl (C=O) groups is 1. The molecule has 0 aliphatic rings. The predicted molar refractivity (Wildman–Crippen MR) is 107 cm³/mol. The van der Waals surface area contributed by atoms with Crippen LogP contribution in [0.25, 0.3) is 5.65 Å². The molecule has 1 aromatic carbocycles. The number of aromatic nitrogens is 4. The zero-order valence-electron chi connectivity index (χ0n) is 16.2. The van der Waals surface area contributed by atoms with Crippen molar-refractivity contribution in [3.8, 4) is 0 Å². The van der Waals surface area contributed by atoms with E-state index in [4.69, 9.17) is 0 Å². The fourth-order valence-corrected chi connectivity index (χ4v) is 3.33. The molecule has 0 aliphatic carbocycles. The molecule has 1 amide bonds. The van der Waals surface area contributed by atoms with Crippen LogP contribution in [0.4, 0.5) is 4.39 Å². The van der Waals surface area contributed by atoms with E-state index in [1.54, 1.807) is 22.8 Å². The lowest BCUT2D eigenvalue weighted by atomic mass is 10.0. The number of nitrogens with one attached hydrogen (secondary N) is 1. The number of benzene rings is 1.